The van der Waals surface area contributed by atoms with Gasteiger partial charge in [0.25, 0.3) is 0 Å². The van der Waals surface area contributed by atoms with Gasteiger partial charge in [0.15, 0.2) is 0 Å². The third-order valence-electron chi connectivity index (χ3n) is 1.65. The minimum atomic E-state index is 0.668. The monoisotopic (exact) mass is 176 g/mol. The van der Waals surface area contributed by atoms with E-state index >= 15 is 0 Å². The van der Waals surface area contributed by atoms with Crippen molar-refractivity contribution in [3.8, 4) is 0 Å². The Morgan fingerprint density at radius 1 is 1.67 bits per heavy atom. The molecule has 0 atom stereocenters. The fourth-order valence-electron chi connectivity index (χ4n) is 0.890. The predicted molar refractivity (Wildman–Crippen MR) is 55.1 cm³/mol. The second-order valence-corrected chi connectivity index (χ2v) is 2.89. The number of aliphatic imine (C=N–C) groups is 1. The van der Waals surface area contributed by atoms with Gasteiger partial charge in [-0.2, -0.15) is 0 Å². The number of H-pyrrole nitrogens is 1. The number of hydrogen-bond acceptors (Lipinski definition) is 2. The lowest BCUT2D eigenvalue weighted by Gasteiger charge is -2.01. The van der Waals surface area contributed by atoms with Gasteiger partial charge in [-0.1, -0.05) is 23.7 Å². The number of nitrogens with one attached hydrogen (secondary N) is 1. The molecule has 1 aromatic heterocycles. The number of nitrogens with zero attached hydrogens (tertiary/aromatic N) is 1. The molecule has 1 aromatic rings. The molecular weight excluding hydrogens is 167 g/mol. The Hall–Kier alpha value is -0.895. The van der Waals surface area contributed by atoms with Crippen LogP contribution in [-0.2, 0) is 0 Å². The highest BCUT2D eigenvalue weighted by atomic mass is 32.1. The fraction of sp³-hybridized carbons (Fsp3) is 0.250. The van der Waals surface area contributed by atoms with E-state index in [-0.39, 0.29) is 0 Å². The summed E-state index contributed by atoms with van der Waals surface area (Å²) in [4.78, 5) is 6.93. The minimum Gasteiger partial charge on any atom is -0.353 e. The van der Waals surface area contributed by atoms with Crippen molar-refractivity contribution in [1.82, 2.24) is 4.98 Å². The summed E-state index contributed by atoms with van der Waals surface area (Å²) in [5.74, 6) is 0. The first-order valence-electron chi connectivity index (χ1n) is 3.57. The first kappa shape index (κ1) is 9.19. The van der Waals surface area contributed by atoms with Crippen LogP contribution in [0, 0.1) is 4.64 Å². The van der Waals surface area contributed by atoms with E-state index in [9.17, 15) is 0 Å². The van der Waals surface area contributed by atoms with Gasteiger partial charge in [0.05, 0.1) is 0 Å². The summed E-state index contributed by atoms with van der Waals surface area (Å²) < 4.78 is 0.673. The van der Waals surface area contributed by atoms with Crippen molar-refractivity contribution in [2.45, 2.75) is 6.92 Å². The van der Waals surface area contributed by atoms with Crippen LogP contribution in [0.2, 0.25) is 0 Å². The van der Waals surface area contributed by atoms with Crippen molar-refractivity contribution in [1.29, 1.82) is 0 Å². The van der Waals surface area contributed by atoms with Crippen molar-refractivity contribution < 1.29 is 0 Å². The number of hydrogen-bond donors (Lipinski definition) is 1. The Kier molecular flexibility index (Phi) is 2.81. The molecule has 0 aliphatic heterocycles. The van der Waals surface area contributed by atoms with Gasteiger partial charge in [-0.15, -0.1) is 0 Å². The third kappa shape index (κ3) is 1.82. The van der Waals surface area contributed by atoms with E-state index < -0.39 is 0 Å². The van der Waals surface area contributed by atoms with Crippen LogP contribution in [0.4, 0.5) is 0 Å². The molecule has 1 N–H and O–H groups in total. The smallest absolute Gasteiger partial charge is 0.115 e. The van der Waals surface area contributed by atoms with Crippen LogP contribution in [0.15, 0.2) is 17.3 Å². The molecule has 0 fully saturated rings. The Morgan fingerprint density at radius 2 is 2.33 bits per heavy atom. The van der Waals surface area contributed by atoms with Crippen molar-refractivity contribution in [3.05, 3.63) is 22.5 Å². The average Bonchev–Trinajstić information content (AvgIpc) is 2.08. The predicted octanol–water partition coefficient (Wildman–Crippen LogP) is 0.977. The Morgan fingerprint density at radius 3 is 2.92 bits per heavy atom. The van der Waals surface area contributed by atoms with Crippen molar-refractivity contribution in [2.24, 2.45) is 4.99 Å². The van der Waals surface area contributed by atoms with Gasteiger partial charge in [-0.3, -0.25) is 4.99 Å². The molecular formula is C8H9BN2S. The summed E-state index contributed by atoms with van der Waals surface area (Å²) in [6, 6.07) is 1.82. The van der Waals surface area contributed by atoms with Crippen LogP contribution < -0.4 is 5.46 Å². The summed E-state index contributed by atoms with van der Waals surface area (Å²) in [7, 11) is 7.32. The van der Waals surface area contributed by atoms with E-state index in [1.165, 1.54) is 0 Å². The Bertz CT molecular complexity index is 368. The van der Waals surface area contributed by atoms with Crippen LogP contribution >= 0.6 is 12.2 Å². The maximum atomic E-state index is 5.59. The molecule has 0 unspecified atom stereocenters. The molecule has 0 saturated carbocycles. The largest absolute Gasteiger partial charge is 0.353 e. The van der Waals surface area contributed by atoms with E-state index in [2.05, 4.69) is 9.98 Å². The van der Waals surface area contributed by atoms with Gasteiger partial charge in [0.1, 0.15) is 12.5 Å². The summed E-state index contributed by atoms with van der Waals surface area (Å²) >= 11 is 5.06. The lowest BCUT2D eigenvalue weighted by Crippen LogP contribution is -2.08. The van der Waals surface area contributed by atoms with Gasteiger partial charge >= 0.3 is 0 Å². The molecule has 0 bridgehead atoms. The molecule has 0 aliphatic carbocycles. The summed E-state index contributed by atoms with van der Waals surface area (Å²) in [6.07, 6.45) is 1.68. The summed E-state index contributed by atoms with van der Waals surface area (Å²) in [6.45, 7) is 1.90. The molecule has 12 heavy (non-hydrogen) atoms. The van der Waals surface area contributed by atoms with Gasteiger partial charge in [-0.05, 0) is 13.1 Å². The first-order chi connectivity index (χ1) is 5.65. The summed E-state index contributed by atoms with van der Waals surface area (Å²) in [5.41, 5.74) is 2.46. The number of aromatic nitrogens is 1. The fourth-order valence-corrected chi connectivity index (χ4v) is 1.16. The highest BCUT2D eigenvalue weighted by molar-refractivity contribution is 7.71. The van der Waals surface area contributed by atoms with Crippen LogP contribution in [0.5, 0.6) is 0 Å². The standard InChI is InChI=1S/C8H9BN2S/c1-5(10-2)7-3-6(9)4-11-8(7)12/h3-4H,1-2H3,(H,11,12). The van der Waals surface area contributed by atoms with Crippen LogP contribution in [-0.4, -0.2) is 25.6 Å². The zero-order chi connectivity index (χ0) is 9.14. The topological polar surface area (TPSA) is 28.1 Å². The zero-order valence-electron chi connectivity index (χ0n) is 7.09. The van der Waals surface area contributed by atoms with E-state index in [0.717, 1.165) is 11.3 Å². The molecule has 2 nitrogen and oxygen atoms in total. The quantitative estimate of drug-likeness (QED) is 0.385. The molecule has 0 aliphatic rings. The van der Waals surface area contributed by atoms with Crippen LogP contribution in [0.3, 0.4) is 0 Å². The second kappa shape index (κ2) is 3.67. The van der Waals surface area contributed by atoms with E-state index in [1.54, 1.807) is 13.2 Å². The minimum absolute atomic E-state index is 0.668. The lowest BCUT2D eigenvalue weighted by atomic mass is 9.96. The maximum Gasteiger partial charge on any atom is 0.115 e. The highest BCUT2D eigenvalue weighted by Crippen LogP contribution is 1.99. The molecule has 0 amide bonds. The second-order valence-electron chi connectivity index (χ2n) is 2.48. The zero-order valence-corrected chi connectivity index (χ0v) is 7.90. The number of rotatable bonds is 1. The third-order valence-corrected chi connectivity index (χ3v) is 1.99. The molecule has 0 aromatic carbocycles. The maximum absolute atomic E-state index is 5.59. The molecule has 0 saturated heterocycles. The average molecular weight is 176 g/mol. The number of aromatic amines is 1. The van der Waals surface area contributed by atoms with Crippen molar-refractivity contribution in [3.63, 3.8) is 0 Å². The highest BCUT2D eigenvalue weighted by Gasteiger charge is 1.98. The van der Waals surface area contributed by atoms with Gasteiger partial charge in [-0.25, -0.2) is 0 Å². The SMILES string of the molecule is [B]c1c[nH]c(=S)c(C(C)=NC)c1. The van der Waals surface area contributed by atoms with E-state index in [1.807, 2.05) is 13.0 Å². The first-order valence-corrected chi connectivity index (χ1v) is 3.98. The Balaban J connectivity index is 3.33. The number of pyridine rings is 1. The summed E-state index contributed by atoms with van der Waals surface area (Å²) in [5, 5.41) is 0. The van der Waals surface area contributed by atoms with Gasteiger partial charge in [0.2, 0.25) is 0 Å². The van der Waals surface area contributed by atoms with Crippen LogP contribution in [0.1, 0.15) is 12.5 Å². The molecule has 1 heterocycles. The van der Waals surface area contributed by atoms with Gasteiger partial charge in [0, 0.05) is 18.3 Å². The molecule has 60 valence electrons. The van der Waals surface area contributed by atoms with Crippen molar-refractivity contribution >= 4 is 31.2 Å². The molecule has 1 rings (SSSR count). The van der Waals surface area contributed by atoms with E-state index in [4.69, 9.17) is 20.1 Å². The van der Waals surface area contributed by atoms with Crippen molar-refractivity contribution in [2.75, 3.05) is 7.05 Å². The molecule has 4 heteroatoms. The van der Waals surface area contributed by atoms with E-state index in [0.29, 0.717) is 10.1 Å². The molecule has 0 spiro atoms. The Labute approximate surface area is 78.2 Å². The normalized spacial score (nSPS) is 11.7. The van der Waals surface area contributed by atoms with Crippen LogP contribution in [0.25, 0.3) is 0 Å². The van der Waals surface area contributed by atoms with Gasteiger partial charge < -0.3 is 4.98 Å². The molecule has 2 radical (unpaired) electrons. The lowest BCUT2D eigenvalue weighted by molar-refractivity contribution is 1.29.